The van der Waals surface area contributed by atoms with Crippen molar-refractivity contribution in [1.82, 2.24) is 4.98 Å². The van der Waals surface area contributed by atoms with Crippen LogP contribution in [0.1, 0.15) is 30.5 Å². The molecule has 0 fully saturated rings. The summed E-state index contributed by atoms with van der Waals surface area (Å²) in [5.41, 5.74) is 5.02. The molecule has 5 nitrogen and oxygen atoms in total. The van der Waals surface area contributed by atoms with Crippen LogP contribution in [0.4, 0.5) is 5.13 Å². The topological polar surface area (TPSA) is 76.1 Å². The van der Waals surface area contributed by atoms with E-state index in [1.54, 1.807) is 38.1 Å². The number of thiazole rings is 1. The van der Waals surface area contributed by atoms with Crippen LogP contribution in [0, 0.1) is 13.8 Å². The maximum atomic E-state index is 12.4. The SMILES string of the molecule is Cc1ccc(-c2csc(NC(=O)Cc3ccc(S(=O)(=O)C(C)C)cc3)n2)cc1C. The summed E-state index contributed by atoms with van der Waals surface area (Å²) in [7, 11) is -3.31. The first-order valence-corrected chi connectivity index (χ1v) is 11.8. The molecule has 0 spiro atoms. The molecule has 0 saturated carbocycles. The van der Waals surface area contributed by atoms with Crippen LogP contribution in [0.2, 0.25) is 0 Å². The smallest absolute Gasteiger partial charge is 0.230 e. The average molecular weight is 429 g/mol. The zero-order valence-electron chi connectivity index (χ0n) is 16.9. The molecule has 3 rings (SSSR count). The van der Waals surface area contributed by atoms with Gasteiger partial charge in [0.15, 0.2) is 15.0 Å². The quantitative estimate of drug-likeness (QED) is 0.612. The molecule has 0 aliphatic carbocycles. The Morgan fingerprint density at radius 2 is 1.76 bits per heavy atom. The average Bonchev–Trinajstić information content (AvgIpc) is 3.12. The molecule has 0 atom stereocenters. The van der Waals surface area contributed by atoms with Gasteiger partial charge in [-0.3, -0.25) is 4.79 Å². The fourth-order valence-corrected chi connectivity index (χ4v) is 4.58. The first-order chi connectivity index (χ1) is 13.7. The molecule has 29 heavy (non-hydrogen) atoms. The second-order valence-electron chi connectivity index (χ2n) is 7.30. The van der Waals surface area contributed by atoms with Gasteiger partial charge in [0.05, 0.1) is 22.3 Å². The highest BCUT2D eigenvalue weighted by Gasteiger charge is 2.19. The molecule has 0 aliphatic rings. The van der Waals surface area contributed by atoms with Crippen molar-refractivity contribution < 1.29 is 13.2 Å². The highest BCUT2D eigenvalue weighted by Crippen LogP contribution is 2.26. The molecule has 0 saturated heterocycles. The number of sulfone groups is 1. The van der Waals surface area contributed by atoms with E-state index in [0.717, 1.165) is 16.8 Å². The Kier molecular flexibility index (Phi) is 6.19. The van der Waals surface area contributed by atoms with E-state index in [4.69, 9.17) is 0 Å². The van der Waals surface area contributed by atoms with Crippen molar-refractivity contribution in [3.8, 4) is 11.3 Å². The first-order valence-electron chi connectivity index (χ1n) is 9.32. The van der Waals surface area contributed by atoms with Gasteiger partial charge in [-0.25, -0.2) is 13.4 Å². The Morgan fingerprint density at radius 1 is 1.07 bits per heavy atom. The molecular weight excluding hydrogens is 404 g/mol. The summed E-state index contributed by atoms with van der Waals surface area (Å²) >= 11 is 1.38. The van der Waals surface area contributed by atoms with Crippen molar-refractivity contribution in [2.75, 3.05) is 5.32 Å². The van der Waals surface area contributed by atoms with Gasteiger partial charge in [-0.15, -0.1) is 11.3 Å². The standard InChI is InChI=1S/C22H24N2O3S2/c1-14(2)29(26,27)19-9-6-17(7-10-19)12-21(25)24-22-23-20(13-28-22)18-8-5-15(3)16(4)11-18/h5-11,13-14H,12H2,1-4H3,(H,23,24,25). The van der Waals surface area contributed by atoms with Crippen molar-refractivity contribution in [2.24, 2.45) is 0 Å². The molecule has 1 amide bonds. The van der Waals surface area contributed by atoms with Crippen LogP contribution in [0.25, 0.3) is 11.3 Å². The number of aromatic nitrogens is 1. The number of aryl methyl sites for hydroxylation is 2. The summed E-state index contributed by atoms with van der Waals surface area (Å²) in [4.78, 5) is 17.1. The number of hydrogen-bond acceptors (Lipinski definition) is 5. The van der Waals surface area contributed by atoms with Crippen molar-refractivity contribution >= 4 is 32.2 Å². The van der Waals surface area contributed by atoms with E-state index in [9.17, 15) is 13.2 Å². The van der Waals surface area contributed by atoms with Gasteiger partial charge in [-0.2, -0.15) is 0 Å². The Bertz CT molecular complexity index is 1130. The number of nitrogens with zero attached hydrogens (tertiary/aromatic N) is 1. The number of hydrogen-bond donors (Lipinski definition) is 1. The van der Waals surface area contributed by atoms with Crippen molar-refractivity contribution in [3.63, 3.8) is 0 Å². The largest absolute Gasteiger partial charge is 0.302 e. The second kappa shape index (κ2) is 8.47. The molecule has 7 heteroatoms. The highest BCUT2D eigenvalue weighted by molar-refractivity contribution is 7.92. The third-order valence-corrected chi connectivity index (χ3v) is 7.72. The summed E-state index contributed by atoms with van der Waals surface area (Å²) < 4.78 is 24.4. The second-order valence-corrected chi connectivity index (χ2v) is 10.7. The molecule has 0 aliphatic heterocycles. The van der Waals surface area contributed by atoms with E-state index in [1.807, 2.05) is 11.4 Å². The van der Waals surface area contributed by atoms with Crippen LogP contribution < -0.4 is 5.32 Å². The molecule has 1 N–H and O–H groups in total. The van der Waals surface area contributed by atoms with E-state index >= 15 is 0 Å². The van der Waals surface area contributed by atoms with Gasteiger partial charge in [0.2, 0.25) is 5.91 Å². The van der Waals surface area contributed by atoms with E-state index < -0.39 is 15.1 Å². The van der Waals surface area contributed by atoms with E-state index in [0.29, 0.717) is 5.13 Å². The minimum atomic E-state index is -3.31. The van der Waals surface area contributed by atoms with Gasteiger partial charge in [0, 0.05) is 10.9 Å². The number of nitrogens with one attached hydrogen (secondary N) is 1. The van der Waals surface area contributed by atoms with Crippen LogP contribution >= 0.6 is 11.3 Å². The minimum absolute atomic E-state index is 0.153. The van der Waals surface area contributed by atoms with Gasteiger partial charge in [0.1, 0.15) is 0 Å². The zero-order valence-corrected chi connectivity index (χ0v) is 18.5. The lowest BCUT2D eigenvalue weighted by Crippen LogP contribution is -2.15. The van der Waals surface area contributed by atoms with Crippen LogP contribution in [0.3, 0.4) is 0 Å². The monoisotopic (exact) mass is 428 g/mol. The Balaban J connectivity index is 1.66. The molecule has 2 aromatic carbocycles. The number of benzene rings is 2. The van der Waals surface area contributed by atoms with E-state index in [1.165, 1.54) is 22.5 Å². The lowest BCUT2D eigenvalue weighted by molar-refractivity contribution is -0.115. The van der Waals surface area contributed by atoms with Crippen LogP contribution in [-0.4, -0.2) is 24.6 Å². The third kappa shape index (κ3) is 4.92. The van der Waals surface area contributed by atoms with Crippen LogP contribution in [0.15, 0.2) is 52.7 Å². The Labute approximate surface area is 175 Å². The van der Waals surface area contributed by atoms with E-state index in [-0.39, 0.29) is 17.2 Å². The molecule has 152 valence electrons. The van der Waals surface area contributed by atoms with Gasteiger partial charge >= 0.3 is 0 Å². The molecular formula is C22H24N2O3S2. The first kappa shape index (κ1) is 21.2. The summed E-state index contributed by atoms with van der Waals surface area (Å²) in [5.74, 6) is -0.189. The number of amides is 1. The van der Waals surface area contributed by atoms with Crippen LogP contribution in [0.5, 0.6) is 0 Å². The zero-order chi connectivity index (χ0) is 21.2. The normalized spacial score (nSPS) is 11.6. The van der Waals surface area contributed by atoms with Gasteiger partial charge in [0.25, 0.3) is 0 Å². The van der Waals surface area contributed by atoms with Crippen molar-refractivity contribution in [3.05, 3.63) is 64.5 Å². The molecule has 3 aromatic rings. The molecule has 1 heterocycles. The maximum absolute atomic E-state index is 12.4. The van der Waals surface area contributed by atoms with Crippen molar-refractivity contribution in [2.45, 2.75) is 44.3 Å². The summed E-state index contributed by atoms with van der Waals surface area (Å²) in [6.07, 6.45) is 0.153. The summed E-state index contributed by atoms with van der Waals surface area (Å²) in [6.45, 7) is 7.43. The molecule has 1 aromatic heterocycles. The Hall–Kier alpha value is -2.51. The third-order valence-electron chi connectivity index (χ3n) is 4.79. The fourth-order valence-electron chi connectivity index (χ4n) is 2.78. The lowest BCUT2D eigenvalue weighted by atomic mass is 10.1. The molecule has 0 unspecified atom stereocenters. The summed E-state index contributed by atoms with van der Waals surface area (Å²) in [5, 5.41) is 4.81. The highest BCUT2D eigenvalue weighted by atomic mass is 32.2. The Morgan fingerprint density at radius 3 is 2.38 bits per heavy atom. The van der Waals surface area contributed by atoms with Crippen LogP contribution in [-0.2, 0) is 21.1 Å². The lowest BCUT2D eigenvalue weighted by Gasteiger charge is -2.08. The van der Waals surface area contributed by atoms with Gasteiger partial charge in [-0.1, -0.05) is 24.3 Å². The minimum Gasteiger partial charge on any atom is -0.302 e. The van der Waals surface area contributed by atoms with Gasteiger partial charge < -0.3 is 5.32 Å². The van der Waals surface area contributed by atoms with Gasteiger partial charge in [-0.05, 0) is 62.6 Å². The molecule has 0 radical (unpaired) electrons. The predicted molar refractivity (Wildman–Crippen MR) is 118 cm³/mol. The summed E-state index contributed by atoms with van der Waals surface area (Å²) in [6, 6.07) is 12.6. The molecule has 0 bridgehead atoms. The predicted octanol–water partition coefficient (Wildman–Crippen LogP) is 4.79. The number of rotatable bonds is 6. The fraction of sp³-hybridized carbons (Fsp3) is 0.273. The number of anilines is 1. The maximum Gasteiger partial charge on any atom is 0.230 e. The van der Waals surface area contributed by atoms with Crippen molar-refractivity contribution in [1.29, 1.82) is 0 Å². The van der Waals surface area contributed by atoms with E-state index in [2.05, 4.69) is 36.3 Å². The number of carbonyl (C=O) groups excluding carboxylic acids is 1. The number of carbonyl (C=O) groups is 1.